The van der Waals surface area contributed by atoms with Gasteiger partial charge in [0.05, 0.1) is 7.11 Å². The topological polar surface area (TPSA) is 12.5 Å². The maximum absolute atomic E-state index is 5.23. The minimum Gasteiger partial charge on any atom is -0.497 e. The molecule has 0 saturated heterocycles. The summed E-state index contributed by atoms with van der Waals surface area (Å²) in [6.07, 6.45) is 4.60. The molecule has 0 aliphatic carbocycles. The van der Waals surface area contributed by atoms with Gasteiger partial charge < -0.3 is 4.74 Å². The summed E-state index contributed by atoms with van der Waals surface area (Å²) in [5.74, 6) is 0.918. The van der Waals surface area contributed by atoms with Gasteiger partial charge in [0.2, 0.25) is 0 Å². The molecule has 0 bridgehead atoms. The fourth-order valence-corrected chi connectivity index (χ4v) is 3.02. The van der Waals surface area contributed by atoms with Crippen molar-refractivity contribution in [1.29, 1.82) is 0 Å². The van der Waals surface area contributed by atoms with E-state index in [1.807, 2.05) is 12.1 Å². The van der Waals surface area contributed by atoms with Crippen LogP contribution >= 0.6 is 17.0 Å². The summed E-state index contributed by atoms with van der Waals surface area (Å²) in [4.78, 5) is 2.44. The molecule has 1 atom stereocenters. The van der Waals surface area contributed by atoms with Crippen LogP contribution < -0.4 is 4.74 Å². The molecule has 2 nitrogen and oxygen atoms in total. The molecule has 1 unspecified atom stereocenters. The lowest BCUT2D eigenvalue weighted by Gasteiger charge is -2.31. The maximum Gasteiger partial charge on any atom is 0.118 e. The molecule has 1 heterocycles. The summed E-state index contributed by atoms with van der Waals surface area (Å²) < 4.78 is 5.23. The monoisotopic (exact) mass is 373 g/mol. The van der Waals surface area contributed by atoms with E-state index in [4.69, 9.17) is 4.74 Å². The van der Waals surface area contributed by atoms with E-state index in [9.17, 15) is 0 Å². The first kappa shape index (κ1) is 17.8. The van der Waals surface area contributed by atoms with Gasteiger partial charge in [-0.25, -0.2) is 0 Å². The molecule has 2 aromatic rings. The van der Waals surface area contributed by atoms with Crippen molar-refractivity contribution in [2.75, 3.05) is 20.7 Å². The Balaban J connectivity index is 0.00000192. The predicted molar refractivity (Wildman–Crippen MR) is 102 cm³/mol. The molecular formula is C20H24BrNO. The van der Waals surface area contributed by atoms with Crippen LogP contribution in [0.1, 0.15) is 17.5 Å². The van der Waals surface area contributed by atoms with Gasteiger partial charge >= 0.3 is 0 Å². The Bertz CT molecular complexity index is 636. The molecule has 1 aliphatic rings. The zero-order valence-electron chi connectivity index (χ0n) is 13.7. The first-order valence-corrected chi connectivity index (χ1v) is 7.85. The molecule has 0 spiro atoms. The van der Waals surface area contributed by atoms with Crippen LogP contribution in [0.2, 0.25) is 0 Å². The van der Waals surface area contributed by atoms with Crippen LogP contribution in [0, 0.1) is 0 Å². The Labute approximate surface area is 149 Å². The average Bonchev–Trinajstić information content (AvgIpc) is 2.58. The van der Waals surface area contributed by atoms with Crippen LogP contribution in [-0.2, 0) is 6.42 Å². The maximum atomic E-state index is 5.23. The number of hydrogen-bond donors (Lipinski definition) is 0. The summed E-state index contributed by atoms with van der Waals surface area (Å²) in [6, 6.07) is 19.6. The highest BCUT2D eigenvalue weighted by Crippen LogP contribution is 2.26. The van der Waals surface area contributed by atoms with E-state index in [1.165, 1.54) is 16.7 Å². The fraction of sp³-hybridized carbons (Fsp3) is 0.300. The molecular weight excluding hydrogens is 350 g/mol. The van der Waals surface area contributed by atoms with Crippen molar-refractivity contribution in [2.24, 2.45) is 0 Å². The molecule has 0 fully saturated rings. The SMILES string of the molecule is Br.COc1ccc(CC2C=C(c3ccccc3)CCN2C)cc1. The van der Waals surface area contributed by atoms with Crippen LogP contribution in [-0.4, -0.2) is 31.6 Å². The lowest BCUT2D eigenvalue weighted by Crippen LogP contribution is -2.36. The van der Waals surface area contributed by atoms with Crippen molar-refractivity contribution < 1.29 is 4.74 Å². The number of benzene rings is 2. The van der Waals surface area contributed by atoms with Gasteiger partial charge in [-0.1, -0.05) is 48.5 Å². The normalized spacial score (nSPS) is 18.0. The second-order valence-corrected chi connectivity index (χ2v) is 5.91. The zero-order valence-corrected chi connectivity index (χ0v) is 15.4. The number of methoxy groups -OCH3 is 1. The Kier molecular flexibility index (Phi) is 6.43. The van der Waals surface area contributed by atoms with Crippen LogP contribution in [0.15, 0.2) is 60.7 Å². The molecule has 3 rings (SSSR count). The van der Waals surface area contributed by atoms with Crippen molar-refractivity contribution in [3.8, 4) is 5.75 Å². The third kappa shape index (κ3) is 4.46. The first-order chi connectivity index (χ1) is 10.8. The van der Waals surface area contributed by atoms with E-state index in [0.717, 1.165) is 25.1 Å². The zero-order chi connectivity index (χ0) is 15.4. The second-order valence-electron chi connectivity index (χ2n) is 5.91. The van der Waals surface area contributed by atoms with Crippen LogP contribution in [0.4, 0.5) is 0 Å². The third-order valence-corrected chi connectivity index (χ3v) is 4.44. The Morgan fingerprint density at radius 2 is 1.74 bits per heavy atom. The van der Waals surface area contributed by atoms with Gasteiger partial charge in [-0.2, -0.15) is 0 Å². The molecule has 0 amide bonds. The molecule has 1 aliphatic heterocycles. The number of halogens is 1. The fourth-order valence-electron chi connectivity index (χ4n) is 3.02. The lowest BCUT2D eigenvalue weighted by atomic mass is 9.93. The van der Waals surface area contributed by atoms with Crippen molar-refractivity contribution in [1.82, 2.24) is 4.90 Å². The minimum atomic E-state index is 0. The lowest BCUT2D eigenvalue weighted by molar-refractivity contribution is 0.277. The van der Waals surface area contributed by atoms with Crippen LogP contribution in [0.3, 0.4) is 0 Å². The van der Waals surface area contributed by atoms with E-state index >= 15 is 0 Å². The Morgan fingerprint density at radius 1 is 1.04 bits per heavy atom. The predicted octanol–water partition coefficient (Wildman–Crippen LogP) is 4.60. The molecule has 2 aromatic carbocycles. The van der Waals surface area contributed by atoms with Gasteiger partial charge in [0.1, 0.15) is 5.75 Å². The Hall–Kier alpha value is -1.58. The minimum absolute atomic E-state index is 0. The van der Waals surface area contributed by atoms with E-state index in [-0.39, 0.29) is 17.0 Å². The molecule has 0 saturated carbocycles. The smallest absolute Gasteiger partial charge is 0.118 e. The summed E-state index contributed by atoms with van der Waals surface area (Å²) in [5, 5.41) is 0. The summed E-state index contributed by atoms with van der Waals surface area (Å²) in [5.41, 5.74) is 4.18. The van der Waals surface area contributed by atoms with Crippen LogP contribution in [0.25, 0.3) is 5.57 Å². The van der Waals surface area contributed by atoms with E-state index in [2.05, 4.69) is 60.5 Å². The summed E-state index contributed by atoms with van der Waals surface area (Å²) in [7, 11) is 3.92. The largest absolute Gasteiger partial charge is 0.497 e. The van der Waals surface area contributed by atoms with Gasteiger partial charge in [-0.15, -0.1) is 17.0 Å². The van der Waals surface area contributed by atoms with E-state index < -0.39 is 0 Å². The van der Waals surface area contributed by atoms with Gasteiger partial charge in [-0.05, 0) is 48.7 Å². The highest BCUT2D eigenvalue weighted by molar-refractivity contribution is 8.93. The number of ether oxygens (including phenoxy) is 1. The number of nitrogens with zero attached hydrogens (tertiary/aromatic N) is 1. The van der Waals surface area contributed by atoms with Crippen molar-refractivity contribution in [2.45, 2.75) is 18.9 Å². The highest BCUT2D eigenvalue weighted by Gasteiger charge is 2.19. The van der Waals surface area contributed by atoms with Crippen molar-refractivity contribution in [3.63, 3.8) is 0 Å². The molecule has 0 aromatic heterocycles. The first-order valence-electron chi connectivity index (χ1n) is 7.85. The van der Waals surface area contributed by atoms with Gasteiger partial charge in [0.25, 0.3) is 0 Å². The van der Waals surface area contributed by atoms with E-state index in [1.54, 1.807) is 7.11 Å². The highest BCUT2D eigenvalue weighted by atomic mass is 79.9. The van der Waals surface area contributed by atoms with Gasteiger partial charge in [-0.3, -0.25) is 4.90 Å². The molecule has 0 N–H and O–H groups in total. The number of rotatable bonds is 4. The number of likely N-dealkylation sites (N-methyl/N-ethyl adjacent to an activating group) is 1. The van der Waals surface area contributed by atoms with Crippen molar-refractivity contribution in [3.05, 3.63) is 71.8 Å². The molecule has 122 valence electrons. The molecule has 23 heavy (non-hydrogen) atoms. The molecule has 3 heteroatoms. The Morgan fingerprint density at radius 3 is 2.39 bits per heavy atom. The quantitative estimate of drug-likeness (QED) is 0.775. The van der Waals surface area contributed by atoms with Crippen LogP contribution in [0.5, 0.6) is 5.75 Å². The second kappa shape index (κ2) is 8.32. The van der Waals surface area contributed by atoms with E-state index in [0.29, 0.717) is 6.04 Å². The summed E-state index contributed by atoms with van der Waals surface area (Å²) >= 11 is 0. The summed E-state index contributed by atoms with van der Waals surface area (Å²) in [6.45, 7) is 1.11. The third-order valence-electron chi connectivity index (χ3n) is 4.44. The standard InChI is InChI=1S/C20H23NO.BrH/c1-21-13-12-18(17-6-4-3-5-7-17)15-19(21)14-16-8-10-20(22-2)11-9-16;/h3-11,15,19H,12-14H2,1-2H3;1H. The van der Waals surface area contributed by atoms with Crippen molar-refractivity contribution >= 4 is 22.6 Å². The number of hydrogen-bond acceptors (Lipinski definition) is 2. The van der Waals surface area contributed by atoms with Gasteiger partial charge in [0, 0.05) is 12.6 Å². The molecule has 0 radical (unpaired) electrons. The average molecular weight is 374 g/mol. The van der Waals surface area contributed by atoms with Gasteiger partial charge in [0.15, 0.2) is 0 Å².